The molecule has 10 heteroatoms. The van der Waals surface area contributed by atoms with E-state index in [4.69, 9.17) is 9.05 Å². The first kappa shape index (κ1) is 19.5. The molecule has 2 aromatic heterocycles. The highest BCUT2D eigenvalue weighted by atomic mass is 19.4. The van der Waals surface area contributed by atoms with Gasteiger partial charge >= 0.3 is 6.18 Å². The number of nitrogens with zero attached hydrogens (tertiary/aromatic N) is 3. The van der Waals surface area contributed by atoms with Gasteiger partial charge in [0.25, 0.3) is 5.89 Å². The van der Waals surface area contributed by atoms with Gasteiger partial charge in [0.1, 0.15) is 17.4 Å². The van der Waals surface area contributed by atoms with Gasteiger partial charge in [-0.2, -0.15) is 18.2 Å². The second-order valence-electron chi connectivity index (χ2n) is 6.23. The fourth-order valence-corrected chi connectivity index (χ4v) is 2.83. The molecular weight excluding hydrogens is 403 g/mol. The summed E-state index contributed by atoms with van der Waals surface area (Å²) >= 11 is 0. The molecule has 0 spiro atoms. The van der Waals surface area contributed by atoms with E-state index in [9.17, 15) is 23.1 Å². The minimum atomic E-state index is -4.78. The van der Waals surface area contributed by atoms with Crippen LogP contribution in [-0.4, -0.2) is 26.7 Å². The van der Waals surface area contributed by atoms with E-state index < -0.39 is 29.5 Å². The predicted octanol–water partition coefficient (Wildman–Crippen LogP) is 4.31. The van der Waals surface area contributed by atoms with Gasteiger partial charge in [-0.3, -0.25) is 0 Å². The first-order chi connectivity index (χ1) is 14.4. The average Bonchev–Trinajstić information content (AvgIpc) is 3.41. The van der Waals surface area contributed by atoms with Crippen molar-refractivity contribution < 1.29 is 32.1 Å². The zero-order valence-electron chi connectivity index (χ0n) is 15.0. The van der Waals surface area contributed by atoms with Gasteiger partial charge in [-0.1, -0.05) is 64.9 Å². The van der Waals surface area contributed by atoms with Crippen LogP contribution in [0.25, 0.3) is 34.3 Å². The Morgan fingerprint density at radius 1 is 0.933 bits per heavy atom. The normalized spacial score (nSPS) is 12.7. The number of aromatic nitrogens is 3. The summed E-state index contributed by atoms with van der Waals surface area (Å²) in [5, 5.41) is 16.8. The van der Waals surface area contributed by atoms with E-state index >= 15 is 0 Å². The number of aldehydes is 1. The second-order valence-corrected chi connectivity index (χ2v) is 6.23. The zero-order chi connectivity index (χ0) is 21.3. The first-order valence-corrected chi connectivity index (χ1v) is 8.58. The molecule has 0 saturated heterocycles. The van der Waals surface area contributed by atoms with Crippen molar-refractivity contribution in [2.45, 2.75) is 12.3 Å². The molecule has 0 aliphatic rings. The SMILES string of the molecule is O=CC(O)c1ccc(-c2noc(-c3onc(-c4ccccc4)c3C(F)(F)F)n2)cc1. The van der Waals surface area contributed by atoms with Crippen LogP contribution in [0, 0.1) is 0 Å². The second kappa shape index (κ2) is 7.56. The Kier molecular flexibility index (Phi) is 4.92. The number of rotatable bonds is 5. The molecule has 4 aromatic rings. The van der Waals surface area contributed by atoms with Crippen molar-refractivity contribution in [2.24, 2.45) is 0 Å². The number of benzene rings is 2. The number of aliphatic hydroxyl groups is 1. The maximum Gasteiger partial charge on any atom is 0.422 e. The number of carbonyl (C=O) groups excluding carboxylic acids is 1. The van der Waals surface area contributed by atoms with E-state index in [0.29, 0.717) is 17.4 Å². The van der Waals surface area contributed by atoms with E-state index in [2.05, 4.69) is 15.3 Å². The third-order valence-electron chi connectivity index (χ3n) is 4.28. The number of aliphatic hydroxyl groups excluding tert-OH is 1. The van der Waals surface area contributed by atoms with Crippen LogP contribution < -0.4 is 0 Å². The lowest BCUT2D eigenvalue weighted by molar-refractivity contribution is -0.137. The summed E-state index contributed by atoms with van der Waals surface area (Å²) in [6, 6.07) is 13.7. The van der Waals surface area contributed by atoms with Crippen LogP contribution in [-0.2, 0) is 11.0 Å². The van der Waals surface area contributed by atoms with Crippen molar-refractivity contribution in [1.82, 2.24) is 15.3 Å². The van der Waals surface area contributed by atoms with Gasteiger partial charge in [0, 0.05) is 11.1 Å². The van der Waals surface area contributed by atoms with Crippen LogP contribution in [0.15, 0.2) is 63.6 Å². The average molecular weight is 415 g/mol. The number of alkyl halides is 3. The summed E-state index contributed by atoms with van der Waals surface area (Å²) in [7, 11) is 0. The Morgan fingerprint density at radius 3 is 2.27 bits per heavy atom. The minimum absolute atomic E-state index is 0.00271. The topological polar surface area (TPSA) is 102 Å². The number of halogens is 3. The Labute approximate surface area is 166 Å². The van der Waals surface area contributed by atoms with Gasteiger partial charge in [0.15, 0.2) is 6.29 Å². The fraction of sp³-hybridized carbons (Fsp3) is 0.100. The number of hydrogen-bond acceptors (Lipinski definition) is 7. The van der Waals surface area contributed by atoms with Crippen LogP contribution in [0.1, 0.15) is 17.2 Å². The molecule has 0 fully saturated rings. The molecule has 7 nitrogen and oxygen atoms in total. The maximum absolute atomic E-state index is 13.8. The van der Waals surface area contributed by atoms with Gasteiger partial charge < -0.3 is 18.9 Å². The Morgan fingerprint density at radius 2 is 1.63 bits per heavy atom. The molecule has 1 N–H and O–H groups in total. The lowest BCUT2D eigenvalue weighted by atomic mass is 10.1. The molecule has 0 aliphatic carbocycles. The van der Waals surface area contributed by atoms with Gasteiger partial charge in [-0.15, -0.1) is 0 Å². The fourth-order valence-electron chi connectivity index (χ4n) is 2.83. The van der Waals surface area contributed by atoms with Gasteiger partial charge in [0.05, 0.1) is 0 Å². The zero-order valence-corrected chi connectivity index (χ0v) is 15.0. The molecule has 1 atom stereocenters. The smallest absolute Gasteiger partial charge is 0.381 e. The Bertz CT molecular complexity index is 1170. The molecular formula is C20H12F3N3O4. The van der Waals surface area contributed by atoms with E-state index in [1.54, 1.807) is 18.2 Å². The van der Waals surface area contributed by atoms with Gasteiger partial charge in [-0.25, -0.2) is 0 Å². The predicted molar refractivity (Wildman–Crippen MR) is 96.7 cm³/mol. The molecule has 0 aliphatic heterocycles. The van der Waals surface area contributed by atoms with Crippen LogP contribution in [0.5, 0.6) is 0 Å². The van der Waals surface area contributed by atoms with Crippen LogP contribution in [0.4, 0.5) is 13.2 Å². The summed E-state index contributed by atoms with van der Waals surface area (Å²) in [4.78, 5) is 14.6. The van der Waals surface area contributed by atoms with Crippen molar-refractivity contribution in [3.8, 4) is 34.3 Å². The largest absolute Gasteiger partial charge is 0.422 e. The Balaban J connectivity index is 1.73. The highest BCUT2D eigenvalue weighted by Gasteiger charge is 2.42. The molecule has 0 radical (unpaired) electrons. The van der Waals surface area contributed by atoms with E-state index in [1.165, 1.54) is 36.4 Å². The third kappa shape index (κ3) is 3.60. The van der Waals surface area contributed by atoms with Gasteiger partial charge in [0.2, 0.25) is 11.6 Å². The van der Waals surface area contributed by atoms with E-state index in [-0.39, 0.29) is 17.1 Å². The third-order valence-corrected chi connectivity index (χ3v) is 4.28. The van der Waals surface area contributed by atoms with Crippen LogP contribution in [0.3, 0.4) is 0 Å². The highest BCUT2D eigenvalue weighted by molar-refractivity contribution is 5.71. The summed E-state index contributed by atoms with van der Waals surface area (Å²) in [6.45, 7) is 0. The van der Waals surface area contributed by atoms with Crippen molar-refractivity contribution in [3.05, 3.63) is 65.7 Å². The summed E-state index contributed by atoms with van der Waals surface area (Å²) in [6.07, 6.45) is -5.68. The lowest BCUT2D eigenvalue weighted by Crippen LogP contribution is -2.07. The molecule has 0 amide bonds. The number of carbonyl (C=O) groups is 1. The first-order valence-electron chi connectivity index (χ1n) is 8.58. The van der Waals surface area contributed by atoms with Crippen LogP contribution >= 0.6 is 0 Å². The van der Waals surface area contributed by atoms with Crippen molar-refractivity contribution in [3.63, 3.8) is 0 Å². The molecule has 0 saturated carbocycles. The van der Waals surface area contributed by atoms with Crippen molar-refractivity contribution >= 4 is 6.29 Å². The molecule has 30 heavy (non-hydrogen) atoms. The van der Waals surface area contributed by atoms with Crippen molar-refractivity contribution in [1.29, 1.82) is 0 Å². The summed E-state index contributed by atoms with van der Waals surface area (Å²) in [5.74, 6) is -1.17. The minimum Gasteiger partial charge on any atom is -0.381 e. The molecule has 0 bridgehead atoms. The molecule has 1 unspecified atom stereocenters. The summed E-state index contributed by atoms with van der Waals surface area (Å²) in [5.41, 5.74) is -0.523. The Hall–Kier alpha value is -3.79. The van der Waals surface area contributed by atoms with Crippen LogP contribution in [0.2, 0.25) is 0 Å². The quantitative estimate of drug-likeness (QED) is 0.485. The highest BCUT2D eigenvalue weighted by Crippen LogP contribution is 2.43. The van der Waals surface area contributed by atoms with E-state index in [0.717, 1.165) is 0 Å². The molecule has 4 rings (SSSR count). The standard InChI is InChI=1S/C20H12F3N3O4/c21-20(22,23)15-16(12-4-2-1-3-5-12)25-29-17(15)19-24-18(26-30-19)13-8-6-11(7-9-13)14(28)10-27/h1-10,14,28H. The monoisotopic (exact) mass is 415 g/mol. The van der Waals surface area contributed by atoms with Crippen molar-refractivity contribution in [2.75, 3.05) is 0 Å². The van der Waals surface area contributed by atoms with Gasteiger partial charge in [-0.05, 0) is 5.56 Å². The lowest BCUT2D eigenvalue weighted by Gasteiger charge is -2.06. The molecule has 2 aromatic carbocycles. The molecule has 2 heterocycles. The molecule has 152 valence electrons. The van der Waals surface area contributed by atoms with E-state index in [1.807, 2.05) is 0 Å². The number of hydrogen-bond donors (Lipinski definition) is 1. The summed E-state index contributed by atoms with van der Waals surface area (Å²) < 4.78 is 51.2. The maximum atomic E-state index is 13.8.